The second kappa shape index (κ2) is 8.73. The van der Waals surface area contributed by atoms with Gasteiger partial charge in [-0.2, -0.15) is 0 Å². The molecule has 2 rings (SSSR count). The van der Waals surface area contributed by atoms with Gasteiger partial charge in [0.15, 0.2) is 5.96 Å². The molecule has 1 heterocycles. The van der Waals surface area contributed by atoms with Crippen molar-refractivity contribution in [3.05, 3.63) is 29.3 Å². The molecule has 0 amide bonds. The van der Waals surface area contributed by atoms with Gasteiger partial charge >= 0.3 is 0 Å². The largest absolute Gasteiger partial charge is 0.488 e. The number of nitrogens with zero attached hydrogens (tertiary/aromatic N) is 1. The molecule has 5 nitrogen and oxygen atoms in total. The summed E-state index contributed by atoms with van der Waals surface area (Å²) in [5, 5.41) is 3.16. The predicted molar refractivity (Wildman–Crippen MR) is 105 cm³/mol. The lowest BCUT2D eigenvalue weighted by Crippen LogP contribution is -2.44. The van der Waals surface area contributed by atoms with Crippen molar-refractivity contribution in [2.45, 2.75) is 52.3 Å². The zero-order valence-electron chi connectivity index (χ0n) is 14.4. The number of hydrogen-bond acceptors (Lipinski definition) is 3. The van der Waals surface area contributed by atoms with Crippen molar-refractivity contribution in [1.29, 1.82) is 0 Å². The number of rotatable bonds is 4. The Hall–Kier alpha value is -1.02. The van der Waals surface area contributed by atoms with E-state index >= 15 is 0 Å². The molecule has 6 heteroatoms. The molecular formula is C17H28IN3O2. The summed E-state index contributed by atoms with van der Waals surface area (Å²) in [4.78, 5) is 4.42. The van der Waals surface area contributed by atoms with Crippen molar-refractivity contribution >= 4 is 29.9 Å². The summed E-state index contributed by atoms with van der Waals surface area (Å²) in [6, 6.07) is 6.17. The fraction of sp³-hybridized carbons (Fsp3) is 0.588. The molecule has 0 radical (unpaired) electrons. The van der Waals surface area contributed by atoms with E-state index in [4.69, 9.17) is 15.2 Å². The Bertz CT molecular complexity index is 535. The SMILES string of the molecule is Cc1ccc(CN=C(N)NC(C)(C)C)c(OC2CCOC2)c1.I. The number of benzene rings is 1. The van der Waals surface area contributed by atoms with Crippen molar-refractivity contribution in [2.24, 2.45) is 10.7 Å². The van der Waals surface area contributed by atoms with Gasteiger partial charge < -0.3 is 20.5 Å². The minimum atomic E-state index is -0.0959. The molecule has 1 aliphatic heterocycles. The molecule has 1 fully saturated rings. The average molecular weight is 433 g/mol. The highest BCUT2D eigenvalue weighted by Gasteiger charge is 2.18. The lowest BCUT2D eigenvalue weighted by atomic mass is 10.1. The van der Waals surface area contributed by atoms with Gasteiger partial charge in [0.05, 0.1) is 19.8 Å². The Morgan fingerprint density at radius 2 is 2.17 bits per heavy atom. The van der Waals surface area contributed by atoms with Crippen molar-refractivity contribution in [2.75, 3.05) is 13.2 Å². The smallest absolute Gasteiger partial charge is 0.189 e. The highest BCUT2D eigenvalue weighted by atomic mass is 127. The van der Waals surface area contributed by atoms with Crippen molar-refractivity contribution < 1.29 is 9.47 Å². The molecular weight excluding hydrogens is 405 g/mol. The quantitative estimate of drug-likeness (QED) is 0.435. The second-order valence-corrected chi connectivity index (χ2v) is 6.79. The van der Waals surface area contributed by atoms with Crippen LogP contribution in [0, 0.1) is 6.92 Å². The van der Waals surface area contributed by atoms with Crippen LogP contribution in [0.1, 0.15) is 38.3 Å². The van der Waals surface area contributed by atoms with Crippen LogP contribution in [0.5, 0.6) is 5.75 Å². The first-order valence-corrected chi connectivity index (χ1v) is 7.75. The van der Waals surface area contributed by atoms with Crippen molar-refractivity contribution in [1.82, 2.24) is 5.32 Å². The van der Waals surface area contributed by atoms with Crippen LogP contribution in [0.4, 0.5) is 0 Å². The van der Waals surface area contributed by atoms with E-state index in [1.165, 1.54) is 5.56 Å². The highest BCUT2D eigenvalue weighted by Crippen LogP contribution is 2.24. The first-order valence-electron chi connectivity index (χ1n) is 7.75. The van der Waals surface area contributed by atoms with E-state index in [2.05, 4.69) is 50.1 Å². The molecule has 0 bridgehead atoms. The van der Waals surface area contributed by atoms with Gasteiger partial charge in [-0.05, 0) is 39.3 Å². The maximum Gasteiger partial charge on any atom is 0.189 e. The number of aliphatic imine (C=N–C) groups is 1. The van der Waals surface area contributed by atoms with Gasteiger partial charge in [0.1, 0.15) is 11.9 Å². The fourth-order valence-corrected chi connectivity index (χ4v) is 2.28. The number of nitrogens with two attached hydrogens (primary N) is 1. The molecule has 0 aromatic heterocycles. The van der Waals surface area contributed by atoms with Crippen LogP contribution >= 0.6 is 24.0 Å². The van der Waals surface area contributed by atoms with E-state index in [0.29, 0.717) is 19.1 Å². The monoisotopic (exact) mass is 433 g/mol. The molecule has 130 valence electrons. The van der Waals surface area contributed by atoms with Gasteiger partial charge in [-0.25, -0.2) is 4.99 Å². The Morgan fingerprint density at radius 3 is 2.78 bits per heavy atom. The van der Waals surface area contributed by atoms with E-state index in [-0.39, 0.29) is 35.6 Å². The van der Waals surface area contributed by atoms with Crippen LogP contribution in [0.15, 0.2) is 23.2 Å². The van der Waals surface area contributed by atoms with E-state index in [9.17, 15) is 0 Å². The number of guanidine groups is 1. The molecule has 0 aliphatic carbocycles. The zero-order chi connectivity index (χ0) is 16.2. The average Bonchev–Trinajstić information content (AvgIpc) is 2.88. The highest BCUT2D eigenvalue weighted by molar-refractivity contribution is 14.0. The minimum Gasteiger partial charge on any atom is -0.488 e. The predicted octanol–water partition coefficient (Wildman–Crippen LogP) is 2.98. The number of nitrogens with one attached hydrogen (secondary N) is 1. The maximum absolute atomic E-state index is 6.06. The van der Waals surface area contributed by atoms with Crippen LogP contribution in [0.3, 0.4) is 0 Å². The van der Waals surface area contributed by atoms with Crippen LogP contribution < -0.4 is 15.8 Å². The lowest BCUT2D eigenvalue weighted by Gasteiger charge is -2.21. The fourth-order valence-electron chi connectivity index (χ4n) is 2.28. The summed E-state index contributed by atoms with van der Waals surface area (Å²) in [7, 11) is 0. The normalized spacial score (nSPS) is 18.4. The van der Waals surface area contributed by atoms with Crippen LogP contribution in [-0.2, 0) is 11.3 Å². The third kappa shape index (κ3) is 6.95. The molecule has 1 aliphatic rings. The van der Waals surface area contributed by atoms with Gasteiger partial charge in [-0.3, -0.25) is 0 Å². The molecule has 3 N–H and O–H groups in total. The lowest BCUT2D eigenvalue weighted by molar-refractivity contribution is 0.140. The first-order chi connectivity index (χ1) is 10.3. The summed E-state index contributed by atoms with van der Waals surface area (Å²) < 4.78 is 11.4. The molecule has 1 saturated heterocycles. The Morgan fingerprint density at radius 1 is 1.43 bits per heavy atom. The van der Waals surface area contributed by atoms with E-state index in [1.807, 2.05) is 6.07 Å². The van der Waals surface area contributed by atoms with Gasteiger partial charge in [-0.15, -0.1) is 24.0 Å². The minimum absolute atomic E-state index is 0. The van der Waals surface area contributed by atoms with Crippen molar-refractivity contribution in [3.63, 3.8) is 0 Å². The van der Waals surface area contributed by atoms with E-state index < -0.39 is 0 Å². The van der Waals surface area contributed by atoms with E-state index in [0.717, 1.165) is 24.3 Å². The Kier molecular flexibility index (Phi) is 7.60. The number of aryl methyl sites for hydroxylation is 1. The first kappa shape index (κ1) is 20.0. The molecule has 23 heavy (non-hydrogen) atoms. The summed E-state index contributed by atoms with van der Waals surface area (Å²) in [5.41, 5.74) is 8.04. The van der Waals surface area contributed by atoms with Gasteiger partial charge in [0.2, 0.25) is 0 Å². The number of hydrogen-bond donors (Lipinski definition) is 2. The summed E-state index contributed by atoms with van der Waals surface area (Å²) >= 11 is 0. The van der Waals surface area contributed by atoms with E-state index in [1.54, 1.807) is 0 Å². The van der Waals surface area contributed by atoms with Gasteiger partial charge in [0, 0.05) is 17.5 Å². The molecule has 1 aromatic rings. The van der Waals surface area contributed by atoms with Gasteiger partial charge in [0.25, 0.3) is 0 Å². The molecule has 0 saturated carbocycles. The summed E-state index contributed by atoms with van der Waals surface area (Å²) in [6.07, 6.45) is 1.07. The summed E-state index contributed by atoms with van der Waals surface area (Å²) in [6.45, 7) is 10.1. The van der Waals surface area contributed by atoms with Crippen LogP contribution in [0.2, 0.25) is 0 Å². The van der Waals surface area contributed by atoms with Crippen molar-refractivity contribution in [3.8, 4) is 5.75 Å². The molecule has 1 aromatic carbocycles. The molecule has 1 unspecified atom stereocenters. The topological polar surface area (TPSA) is 68.9 Å². The Balaban J connectivity index is 0.00000264. The van der Waals surface area contributed by atoms with Crippen LogP contribution in [0.25, 0.3) is 0 Å². The second-order valence-electron chi connectivity index (χ2n) is 6.79. The third-order valence-electron chi connectivity index (χ3n) is 3.33. The Labute approximate surface area is 156 Å². The summed E-state index contributed by atoms with van der Waals surface area (Å²) in [5.74, 6) is 1.33. The number of ether oxygens (including phenoxy) is 2. The third-order valence-corrected chi connectivity index (χ3v) is 3.33. The molecule has 1 atom stereocenters. The standard InChI is InChI=1S/C17H27N3O2.HI/c1-12-5-6-13(10-19-16(18)20-17(2,3)4)15(9-12)22-14-7-8-21-11-14;/h5-6,9,14H,7-8,10-11H2,1-4H3,(H3,18,19,20);1H. The number of halogens is 1. The zero-order valence-corrected chi connectivity index (χ0v) is 16.7. The molecule has 0 spiro atoms. The maximum atomic E-state index is 6.06. The van der Waals surface area contributed by atoms with Crippen LogP contribution in [-0.4, -0.2) is 30.8 Å². The van der Waals surface area contributed by atoms with Gasteiger partial charge in [-0.1, -0.05) is 12.1 Å².